The summed E-state index contributed by atoms with van der Waals surface area (Å²) < 4.78 is 10.7. The number of hydrogen-bond acceptors (Lipinski definition) is 5. The van der Waals surface area contributed by atoms with E-state index in [2.05, 4.69) is 13.8 Å². The summed E-state index contributed by atoms with van der Waals surface area (Å²) in [7, 11) is 0. The Labute approximate surface area is 206 Å². The summed E-state index contributed by atoms with van der Waals surface area (Å²) in [4.78, 5) is 34.3. The first kappa shape index (κ1) is 31.6. The molecule has 0 heterocycles. The molecule has 1 N–H and O–H groups in total. The van der Waals surface area contributed by atoms with E-state index in [1.165, 1.54) is 51.4 Å². The van der Waals surface area contributed by atoms with Crippen LogP contribution in [-0.2, 0) is 14.3 Å². The number of esters is 2. The molecule has 194 valence electrons. The molecule has 0 aromatic heterocycles. The molecular weight excluding hydrogens is 432 g/mol. The van der Waals surface area contributed by atoms with Crippen LogP contribution in [0.3, 0.4) is 0 Å². The second-order valence-electron chi connectivity index (χ2n) is 8.50. The normalized spacial score (nSPS) is 10.2. The van der Waals surface area contributed by atoms with Gasteiger partial charge in [0.25, 0.3) is 0 Å². The van der Waals surface area contributed by atoms with Crippen LogP contribution in [0.4, 0.5) is 0 Å². The van der Waals surface area contributed by atoms with Crippen molar-refractivity contribution < 1.29 is 29.0 Å². The minimum Gasteiger partial charge on any atom is -0.481 e. The number of rotatable bonds is 18. The van der Waals surface area contributed by atoms with Crippen molar-refractivity contribution in [3.05, 3.63) is 35.4 Å². The molecule has 0 amide bonds. The Morgan fingerprint density at radius 3 is 1.32 bits per heavy atom. The lowest BCUT2D eigenvalue weighted by molar-refractivity contribution is -0.137. The van der Waals surface area contributed by atoms with Gasteiger partial charge in [-0.2, -0.15) is 0 Å². The molecule has 0 saturated carbocycles. The molecule has 6 heteroatoms. The first-order chi connectivity index (χ1) is 16.5. The molecule has 0 radical (unpaired) electrons. The summed E-state index contributed by atoms with van der Waals surface area (Å²) >= 11 is 0. The lowest BCUT2D eigenvalue weighted by Crippen LogP contribution is -2.15. The Bertz CT molecular complexity index is 622. The van der Waals surface area contributed by atoms with Gasteiger partial charge < -0.3 is 14.6 Å². The zero-order valence-corrected chi connectivity index (χ0v) is 21.6. The number of carboxylic acids is 1. The summed E-state index contributed by atoms with van der Waals surface area (Å²) in [6.45, 7) is 7.02. The molecule has 0 aliphatic rings. The maximum atomic E-state index is 12.4. The lowest BCUT2D eigenvalue weighted by atomic mass is 10.1. The fourth-order valence-corrected chi connectivity index (χ4v) is 3.30. The van der Waals surface area contributed by atoms with Gasteiger partial charge in [-0.25, -0.2) is 9.59 Å². The summed E-state index contributed by atoms with van der Waals surface area (Å²) in [5.41, 5.74) is 0.586. The van der Waals surface area contributed by atoms with Crippen molar-refractivity contribution >= 4 is 17.9 Å². The number of carbonyl (C=O) groups excluding carboxylic acids is 2. The van der Waals surface area contributed by atoms with Crippen molar-refractivity contribution in [3.63, 3.8) is 0 Å². The highest BCUT2D eigenvalue weighted by Crippen LogP contribution is 2.14. The third-order valence-electron chi connectivity index (χ3n) is 5.29. The Hall–Kier alpha value is -2.37. The first-order valence-electron chi connectivity index (χ1n) is 13.1. The van der Waals surface area contributed by atoms with Gasteiger partial charge in [-0.15, -0.1) is 0 Å². The monoisotopic (exact) mass is 478 g/mol. The topological polar surface area (TPSA) is 89.9 Å². The molecule has 6 nitrogen and oxygen atoms in total. The van der Waals surface area contributed by atoms with Crippen molar-refractivity contribution in [2.75, 3.05) is 13.2 Å². The van der Waals surface area contributed by atoms with Gasteiger partial charge >= 0.3 is 17.9 Å². The molecule has 0 aliphatic heterocycles. The molecule has 0 unspecified atom stereocenters. The average Bonchev–Trinajstić information content (AvgIpc) is 2.83. The van der Waals surface area contributed by atoms with Gasteiger partial charge in [-0.3, -0.25) is 4.79 Å². The smallest absolute Gasteiger partial charge is 0.339 e. The van der Waals surface area contributed by atoms with E-state index >= 15 is 0 Å². The SMILES string of the molecule is CCCC(=O)O.CCCCCCCCOC(=O)c1ccccc1C(=O)OCCCCCCCC. The minimum absolute atomic E-state index is 0.292. The number of carbonyl (C=O) groups is 3. The number of ether oxygens (including phenoxy) is 2. The van der Waals surface area contributed by atoms with Gasteiger partial charge in [-0.1, -0.05) is 97.1 Å². The molecule has 34 heavy (non-hydrogen) atoms. The van der Waals surface area contributed by atoms with E-state index in [0.717, 1.165) is 32.1 Å². The second kappa shape index (κ2) is 22.4. The van der Waals surface area contributed by atoms with Crippen molar-refractivity contribution in [1.82, 2.24) is 0 Å². The Kier molecular flexibility index (Phi) is 20.9. The number of benzene rings is 1. The van der Waals surface area contributed by atoms with E-state index in [-0.39, 0.29) is 0 Å². The number of carboxylic acid groups (broad SMARTS) is 1. The van der Waals surface area contributed by atoms with E-state index in [4.69, 9.17) is 14.6 Å². The summed E-state index contributed by atoms with van der Waals surface area (Å²) in [5.74, 6) is -1.60. The first-order valence-corrected chi connectivity index (χ1v) is 13.1. The highest BCUT2D eigenvalue weighted by molar-refractivity contribution is 6.03. The highest BCUT2D eigenvalue weighted by Gasteiger charge is 2.18. The third-order valence-corrected chi connectivity index (χ3v) is 5.29. The van der Waals surface area contributed by atoms with Crippen molar-refractivity contribution in [3.8, 4) is 0 Å². The summed E-state index contributed by atoms with van der Waals surface area (Å²) in [6.07, 6.45) is 14.7. The molecule has 0 spiro atoms. The van der Waals surface area contributed by atoms with E-state index in [1.54, 1.807) is 24.3 Å². The van der Waals surface area contributed by atoms with E-state index < -0.39 is 17.9 Å². The van der Waals surface area contributed by atoms with E-state index in [1.807, 2.05) is 6.92 Å². The summed E-state index contributed by atoms with van der Waals surface area (Å²) in [5, 5.41) is 7.91. The predicted molar refractivity (Wildman–Crippen MR) is 136 cm³/mol. The number of aliphatic carboxylic acids is 1. The van der Waals surface area contributed by atoms with Crippen molar-refractivity contribution in [1.29, 1.82) is 0 Å². The quantitative estimate of drug-likeness (QED) is 0.173. The minimum atomic E-state index is -0.711. The Morgan fingerprint density at radius 1 is 0.618 bits per heavy atom. The largest absolute Gasteiger partial charge is 0.481 e. The fourth-order valence-electron chi connectivity index (χ4n) is 3.30. The molecule has 1 rings (SSSR count). The van der Waals surface area contributed by atoms with Crippen LogP contribution in [0.2, 0.25) is 0 Å². The molecule has 0 fully saturated rings. The predicted octanol–water partition coefficient (Wildman–Crippen LogP) is 7.59. The third kappa shape index (κ3) is 17.2. The standard InChI is InChI=1S/C24H38O4.C4H8O2/c1-3-5-7-9-11-15-19-27-23(25)21-17-13-14-18-22(21)24(26)28-20-16-12-10-8-6-4-2;1-2-3-4(5)6/h13-14,17-18H,3-12,15-16,19-20H2,1-2H3;2-3H2,1H3,(H,5,6). The van der Waals surface area contributed by atoms with Crippen LogP contribution in [0.15, 0.2) is 24.3 Å². The van der Waals surface area contributed by atoms with Gasteiger partial charge in [0.05, 0.1) is 24.3 Å². The second-order valence-corrected chi connectivity index (χ2v) is 8.50. The van der Waals surface area contributed by atoms with Crippen LogP contribution in [0.1, 0.15) is 131 Å². The zero-order valence-electron chi connectivity index (χ0n) is 21.6. The maximum Gasteiger partial charge on any atom is 0.339 e. The lowest BCUT2D eigenvalue weighted by Gasteiger charge is -2.10. The average molecular weight is 479 g/mol. The van der Waals surface area contributed by atoms with E-state index in [0.29, 0.717) is 30.8 Å². The van der Waals surface area contributed by atoms with Gasteiger partial charge in [-0.05, 0) is 31.4 Å². The Morgan fingerprint density at radius 2 is 1.00 bits per heavy atom. The molecule has 0 saturated heterocycles. The van der Waals surface area contributed by atoms with Crippen LogP contribution in [0.25, 0.3) is 0 Å². The van der Waals surface area contributed by atoms with Crippen LogP contribution in [-0.4, -0.2) is 36.2 Å². The molecule has 0 bridgehead atoms. The highest BCUT2D eigenvalue weighted by atomic mass is 16.5. The Balaban J connectivity index is 0.00000160. The van der Waals surface area contributed by atoms with Crippen LogP contribution in [0.5, 0.6) is 0 Å². The number of hydrogen-bond donors (Lipinski definition) is 1. The molecule has 0 aliphatic carbocycles. The maximum absolute atomic E-state index is 12.4. The van der Waals surface area contributed by atoms with Crippen LogP contribution >= 0.6 is 0 Å². The number of unbranched alkanes of at least 4 members (excludes halogenated alkanes) is 10. The molecule has 1 aromatic carbocycles. The van der Waals surface area contributed by atoms with Crippen molar-refractivity contribution in [2.45, 2.75) is 111 Å². The van der Waals surface area contributed by atoms with Gasteiger partial charge in [0, 0.05) is 6.42 Å². The zero-order chi connectivity index (χ0) is 25.4. The van der Waals surface area contributed by atoms with Crippen LogP contribution in [0, 0.1) is 0 Å². The molecule has 0 atom stereocenters. The van der Waals surface area contributed by atoms with Gasteiger partial charge in [0.15, 0.2) is 0 Å². The van der Waals surface area contributed by atoms with Gasteiger partial charge in [0.1, 0.15) is 0 Å². The fraction of sp³-hybridized carbons (Fsp3) is 0.679. The van der Waals surface area contributed by atoms with Crippen LogP contribution < -0.4 is 0 Å². The molecule has 1 aromatic rings. The summed E-state index contributed by atoms with van der Waals surface area (Å²) in [6, 6.07) is 6.74. The van der Waals surface area contributed by atoms with Crippen molar-refractivity contribution in [2.24, 2.45) is 0 Å². The molecular formula is C28H46O6. The van der Waals surface area contributed by atoms with E-state index in [9.17, 15) is 14.4 Å². The van der Waals surface area contributed by atoms with Gasteiger partial charge in [0.2, 0.25) is 0 Å².